The molecule has 0 saturated heterocycles. The number of anilines is 1. The molecule has 194 valence electrons. The van der Waals surface area contributed by atoms with Gasteiger partial charge in [0, 0.05) is 54.4 Å². The van der Waals surface area contributed by atoms with Crippen molar-refractivity contribution < 1.29 is 9.18 Å². The number of aryl methyl sites for hydroxylation is 2. The molecule has 3 rings (SSSR count). The van der Waals surface area contributed by atoms with Crippen LogP contribution in [0.4, 0.5) is 10.1 Å². The average Bonchev–Trinajstić information content (AvgIpc) is 2.84. The van der Waals surface area contributed by atoms with E-state index in [1.165, 1.54) is 11.6 Å². The summed E-state index contributed by atoms with van der Waals surface area (Å²) in [6, 6.07) is 5.34. The molecule has 1 aromatic carbocycles. The van der Waals surface area contributed by atoms with Crippen molar-refractivity contribution in [3.05, 3.63) is 69.9 Å². The monoisotopic (exact) mass is 511 g/mol. The van der Waals surface area contributed by atoms with Crippen LogP contribution < -0.4 is 16.0 Å². The molecule has 1 aromatic heterocycles. The smallest absolute Gasteiger partial charge is 0.256 e. The molecule has 2 heterocycles. The summed E-state index contributed by atoms with van der Waals surface area (Å²) in [5, 5.41) is 9.46. The molecular weight excluding hydrogens is 473 g/mol. The zero-order valence-corrected chi connectivity index (χ0v) is 23.0. The number of carbonyl (C=O) groups excluding carboxylic acids is 1. The number of thiocarbonyl (C=S) groups is 1. The van der Waals surface area contributed by atoms with Crippen LogP contribution in [0, 0.1) is 19.7 Å². The maximum absolute atomic E-state index is 14.2. The Kier molecular flexibility index (Phi) is 9.19. The first kappa shape index (κ1) is 27.7. The van der Waals surface area contributed by atoms with E-state index in [-0.39, 0.29) is 22.3 Å². The van der Waals surface area contributed by atoms with Crippen molar-refractivity contribution in [1.29, 1.82) is 0 Å². The summed E-state index contributed by atoms with van der Waals surface area (Å²) in [5.41, 5.74) is 5.46. The van der Waals surface area contributed by atoms with Gasteiger partial charge in [-0.25, -0.2) is 4.39 Å². The van der Waals surface area contributed by atoms with Gasteiger partial charge in [0.15, 0.2) is 0 Å². The number of amides is 1. The summed E-state index contributed by atoms with van der Waals surface area (Å²) in [4.78, 5) is 19.7. The molecule has 1 aliphatic rings. The van der Waals surface area contributed by atoms with Crippen LogP contribution in [0.1, 0.15) is 55.4 Å². The molecule has 3 N–H and O–H groups in total. The molecule has 8 heteroatoms. The predicted molar refractivity (Wildman–Crippen MR) is 149 cm³/mol. The predicted octanol–water partition coefficient (Wildman–Crippen LogP) is 4.80. The number of halogens is 1. The van der Waals surface area contributed by atoms with Crippen LogP contribution >= 0.6 is 12.2 Å². The number of hydrogen-bond acceptors (Lipinski definition) is 5. The number of aromatic nitrogens is 1. The molecule has 1 atom stereocenters. The summed E-state index contributed by atoms with van der Waals surface area (Å²) in [6.45, 7) is 9.12. The third-order valence-corrected chi connectivity index (χ3v) is 7.73. The first-order chi connectivity index (χ1) is 17.1. The first-order valence-electron chi connectivity index (χ1n) is 12.5. The van der Waals surface area contributed by atoms with E-state index in [0.717, 1.165) is 36.1 Å². The lowest BCUT2D eigenvalue weighted by atomic mass is 9.89. The van der Waals surface area contributed by atoms with Crippen LogP contribution in [0.25, 0.3) is 0 Å². The second-order valence-corrected chi connectivity index (χ2v) is 10.4. The molecule has 1 aliphatic heterocycles. The van der Waals surface area contributed by atoms with Gasteiger partial charge in [-0.3, -0.25) is 9.78 Å². The van der Waals surface area contributed by atoms with E-state index in [2.05, 4.69) is 53.8 Å². The maximum Gasteiger partial charge on any atom is 0.256 e. The molecule has 1 amide bonds. The second kappa shape index (κ2) is 11.9. The minimum absolute atomic E-state index is 0.114. The Balaban J connectivity index is 1.80. The highest BCUT2D eigenvalue weighted by Crippen LogP contribution is 2.25. The minimum atomic E-state index is -0.306. The third kappa shape index (κ3) is 6.48. The van der Waals surface area contributed by atoms with Crippen molar-refractivity contribution >= 4 is 28.8 Å². The van der Waals surface area contributed by atoms with Crippen molar-refractivity contribution in [3.63, 3.8) is 0 Å². The van der Waals surface area contributed by atoms with Crippen molar-refractivity contribution in [3.8, 4) is 0 Å². The fourth-order valence-electron chi connectivity index (χ4n) is 4.37. The van der Waals surface area contributed by atoms with Crippen LogP contribution in [-0.4, -0.2) is 47.0 Å². The number of carbonyl (C=O) groups is 1. The molecule has 0 saturated carbocycles. The third-order valence-electron chi connectivity index (χ3n) is 7.42. The summed E-state index contributed by atoms with van der Waals surface area (Å²) in [7, 11) is 4.25. The van der Waals surface area contributed by atoms with E-state index >= 15 is 0 Å². The molecular formula is C28H38FN5OS. The van der Waals surface area contributed by atoms with E-state index in [1.54, 1.807) is 13.1 Å². The lowest BCUT2D eigenvalue weighted by Gasteiger charge is -2.36. The van der Waals surface area contributed by atoms with Crippen molar-refractivity contribution in [2.75, 3.05) is 26.0 Å². The van der Waals surface area contributed by atoms with Gasteiger partial charge in [-0.05, 0) is 89.0 Å². The molecule has 0 radical (unpaired) electrons. The highest BCUT2D eigenvalue weighted by atomic mass is 32.1. The summed E-state index contributed by atoms with van der Waals surface area (Å²) in [5.74, 6) is -0.536. The van der Waals surface area contributed by atoms with Crippen LogP contribution in [0.15, 0.2) is 41.9 Å². The van der Waals surface area contributed by atoms with Gasteiger partial charge in [0.25, 0.3) is 5.91 Å². The van der Waals surface area contributed by atoms with Crippen molar-refractivity contribution in [2.45, 2.75) is 65.5 Å². The van der Waals surface area contributed by atoms with Crippen molar-refractivity contribution in [1.82, 2.24) is 20.5 Å². The fraction of sp³-hybridized carbons (Fsp3) is 0.464. The minimum Gasteiger partial charge on any atom is -0.383 e. The lowest BCUT2D eigenvalue weighted by Crippen LogP contribution is -2.41. The van der Waals surface area contributed by atoms with Gasteiger partial charge in [0.1, 0.15) is 10.8 Å². The van der Waals surface area contributed by atoms with Gasteiger partial charge in [-0.1, -0.05) is 19.1 Å². The number of nitrogens with zero attached hydrogens (tertiary/aromatic N) is 2. The van der Waals surface area contributed by atoms with E-state index in [0.29, 0.717) is 36.3 Å². The largest absolute Gasteiger partial charge is 0.383 e. The summed E-state index contributed by atoms with van der Waals surface area (Å²) >= 11 is 5.63. The Hall–Kier alpha value is -2.84. The Morgan fingerprint density at radius 2 is 2.03 bits per heavy atom. The van der Waals surface area contributed by atoms with Gasteiger partial charge in [0.05, 0.1) is 5.57 Å². The lowest BCUT2D eigenvalue weighted by molar-refractivity contribution is -0.117. The Bertz CT molecular complexity index is 1160. The summed E-state index contributed by atoms with van der Waals surface area (Å²) in [6.07, 6.45) is 7.37. The average molecular weight is 512 g/mol. The second-order valence-electron chi connectivity index (χ2n) is 9.98. The first-order valence-corrected chi connectivity index (χ1v) is 12.9. The molecule has 1 unspecified atom stereocenters. The van der Waals surface area contributed by atoms with Crippen LogP contribution in [0.2, 0.25) is 0 Å². The Morgan fingerprint density at radius 3 is 2.72 bits per heavy atom. The van der Waals surface area contributed by atoms with E-state index in [4.69, 9.17) is 12.2 Å². The van der Waals surface area contributed by atoms with Gasteiger partial charge >= 0.3 is 0 Å². The van der Waals surface area contributed by atoms with Gasteiger partial charge < -0.3 is 20.9 Å². The van der Waals surface area contributed by atoms with Gasteiger partial charge in [-0.2, -0.15) is 0 Å². The molecule has 2 aromatic rings. The molecule has 0 bridgehead atoms. The Labute approximate surface area is 219 Å². The highest BCUT2D eigenvalue weighted by molar-refractivity contribution is 7.81. The Morgan fingerprint density at radius 1 is 1.28 bits per heavy atom. The van der Waals surface area contributed by atoms with Gasteiger partial charge in [-0.15, -0.1) is 0 Å². The van der Waals surface area contributed by atoms with E-state index in [9.17, 15) is 9.18 Å². The van der Waals surface area contributed by atoms with Crippen LogP contribution in [0.5, 0.6) is 0 Å². The van der Waals surface area contributed by atoms with Gasteiger partial charge in [0.2, 0.25) is 0 Å². The van der Waals surface area contributed by atoms with E-state index < -0.39 is 0 Å². The number of rotatable bonds is 10. The number of nitrogens with one attached hydrogen (secondary N) is 3. The number of hydrogen-bond donors (Lipinski definition) is 3. The zero-order chi connectivity index (χ0) is 26.5. The molecule has 36 heavy (non-hydrogen) atoms. The highest BCUT2D eigenvalue weighted by Gasteiger charge is 2.26. The van der Waals surface area contributed by atoms with Crippen LogP contribution in [0.3, 0.4) is 0 Å². The zero-order valence-electron chi connectivity index (χ0n) is 22.2. The number of benzene rings is 1. The molecule has 0 aliphatic carbocycles. The normalized spacial score (nSPS) is 15.5. The fourth-order valence-corrected chi connectivity index (χ4v) is 4.70. The topological polar surface area (TPSA) is 69.3 Å². The molecule has 0 spiro atoms. The standard InChI is InChI=1S/C28H38FN5OS/c1-7-28(4,34(5)6)11-8-20-16-30-12-9-21(20)17-32-23-10-13-31-26(35)25(23)27(36)33-24-15-18(2)14-22(29)19(24)3/h9,12,14-16,32H,7-8,10-11,13,17H2,1-6H3,(H,31,35)(H,33,36). The quantitative estimate of drug-likeness (QED) is 0.398. The molecule has 6 nitrogen and oxygen atoms in total. The maximum atomic E-state index is 14.2. The molecule has 0 fully saturated rings. The summed E-state index contributed by atoms with van der Waals surface area (Å²) < 4.78 is 14.2. The van der Waals surface area contributed by atoms with Crippen LogP contribution in [-0.2, 0) is 17.8 Å². The number of pyridine rings is 1. The van der Waals surface area contributed by atoms with E-state index in [1.807, 2.05) is 25.3 Å². The van der Waals surface area contributed by atoms with Crippen molar-refractivity contribution in [2.24, 2.45) is 0 Å². The SMILES string of the molecule is CCC(C)(CCc1cnccc1CNC1=C(C(=S)Nc2cc(C)cc(F)c2C)C(=O)NCC1)N(C)C.